The maximum Gasteiger partial charge on any atom is 0.417 e. The molecule has 2 aliphatic heterocycles. The van der Waals surface area contributed by atoms with Gasteiger partial charge >= 0.3 is 6.18 Å². The van der Waals surface area contributed by atoms with Crippen LogP contribution in [-0.2, 0) is 11.3 Å². The molecule has 2 fully saturated rings. The molecule has 0 amide bonds. The zero-order valence-electron chi connectivity index (χ0n) is 12.1. The molecule has 4 nitrogen and oxygen atoms in total. The van der Waals surface area contributed by atoms with Gasteiger partial charge in [0.2, 0.25) is 0 Å². The summed E-state index contributed by atoms with van der Waals surface area (Å²) in [5.41, 5.74) is -1.66. The van der Waals surface area contributed by atoms with Gasteiger partial charge in [0.1, 0.15) is 11.1 Å². The Kier molecular flexibility index (Phi) is 4.46. The van der Waals surface area contributed by atoms with Crippen LogP contribution in [0.1, 0.15) is 42.5 Å². The number of aliphatic hydroxyl groups is 1. The van der Waals surface area contributed by atoms with Crippen LogP contribution in [0.25, 0.3) is 0 Å². The topological polar surface area (TPSA) is 45.6 Å². The van der Waals surface area contributed by atoms with Crippen LogP contribution in [0, 0.1) is 0 Å². The average molecular weight is 336 g/mol. The fourth-order valence-corrected chi connectivity index (χ4v) is 3.80. The van der Waals surface area contributed by atoms with Crippen LogP contribution in [0.2, 0.25) is 0 Å². The fraction of sp³-hybridized carbons (Fsp3) is 0.786. The number of ether oxygens (including phenoxy) is 1. The highest BCUT2D eigenvalue weighted by atomic mass is 32.1. The number of thiazole rings is 1. The second kappa shape index (κ2) is 6.07. The van der Waals surface area contributed by atoms with Gasteiger partial charge in [-0.3, -0.25) is 4.90 Å². The Morgan fingerprint density at radius 1 is 1.41 bits per heavy atom. The van der Waals surface area contributed by atoms with Gasteiger partial charge in [-0.25, -0.2) is 4.98 Å². The summed E-state index contributed by atoms with van der Waals surface area (Å²) in [6.45, 7) is 1.74. The largest absolute Gasteiger partial charge is 0.417 e. The molecule has 3 rings (SSSR count). The lowest BCUT2D eigenvalue weighted by atomic mass is 9.91. The first-order valence-electron chi connectivity index (χ1n) is 7.45. The number of rotatable bonds is 3. The Morgan fingerprint density at radius 3 is 2.73 bits per heavy atom. The first-order valence-corrected chi connectivity index (χ1v) is 8.33. The van der Waals surface area contributed by atoms with Crippen LogP contribution in [0.4, 0.5) is 13.2 Å². The predicted molar refractivity (Wildman–Crippen MR) is 75.6 cm³/mol. The molecule has 2 saturated heterocycles. The molecule has 3 heterocycles. The summed E-state index contributed by atoms with van der Waals surface area (Å²) in [5.74, 6) is 0. The number of halogens is 3. The molecule has 1 atom stereocenters. The normalized spacial score (nSPS) is 26.5. The number of nitrogens with zero attached hydrogens (tertiary/aromatic N) is 2. The summed E-state index contributed by atoms with van der Waals surface area (Å²) < 4.78 is 43.9. The minimum absolute atomic E-state index is 0.0791. The molecular formula is C14H19F3N2O2S. The van der Waals surface area contributed by atoms with Crippen molar-refractivity contribution in [2.24, 2.45) is 0 Å². The molecular weight excluding hydrogens is 317 g/mol. The lowest BCUT2D eigenvalue weighted by Crippen LogP contribution is -2.53. The number of aromatic nitrogens is 1. The summed E-state index contributed by atoms with van der Waals surface area (Å²) >= 11 is 1.55. The maximum atomic E-state index is 12.8. The van der Waals surface area contributed by atoms with Crippen molar-refractivity contribution < 1.29 is 23.0 Å². The van der Waals surface area contributed by atoms with Gasteiger partial charge in [0.25, 0.3) is 0 Å². The van der Waals surface area contributed by atoms with E-state index in [2.05, 4.69) is 4.98 Å². The molecule has 1 N–H and O–H groups in total. The molecule has 0 spiro atoms. The van der Waals surface area contributed by atoms with E-state index < -0.39 is 11.8 Å². The monoisotopic (exact) mass is 336 g/mol. The molecule has 8 heteroatoms. The second-order valence-corrected chi connectivity index (χ2v) is 6.87. The van der Waals surface area contributed by atoms with Gasteiger partial charge in [-0.2, -0.15) is 13.2 Å². The van der Waals surface area contributed by atoms with Crippen LogP contribution < -0.4 is 0 Å². The third-order valence-corrected chi connectivity index (χ3v) is 5.36. The van der Waals surface area contributed by atoms with Gasteiger partial charge in [-0.1, -0.05) is 0 Å². The Balaban J connectivity index is 1.55. The summed E-state index contributed by atoms with van der Waals surface area (Å²) in [6.07, 6.45) is -3.00. The maximum absolute atomic E-state index is 12.8. The van der Waals surface area contributed by atoms with Crippen LogP contribution in [-0.4, -0.2) is 46.5 Å². The predicted octanol–water partition coefficient (Wildman–Crippen LogP) is 2.88. The van der Waals surface area contributed by atoms with Gasteiger partial charge in [-0.15, -0.1) is 11.3 Å². The molecule has 1 aromatic heterocycles. The molecule has 0 radical (unpaired) electrons. The third kappa shape index (κ3) is 3.29. The van der Waals surface area contributed by atoms with Crippen molar-refractivity contribution in [2.75, 3.05) is 19.7 Å². The quantitative estimate of drug-likeness (QED) is 0.922. The number of alkyl halides is 3. The first kappa shape index (κ1) is 16.2. The van der Waals surface area contributed by atoms with Gasteiger partial charge in [0.15, 0.2) is 5.60 Å². The van der Waals surface area contributed by atoms with E-state index in [-0.39, 0.29) is 32.0 Å². The summed E-state index contributed by atoms with van der Waals surface area (Å²) in [7, 11) is 0. The molecule has 124 valence electrons. The highest BCUT2D eigenvalue weighted by molar-refractivity contribution is 7.09. The molecule has 1 unspecified atom stereocenters. The Labute approximate surface area is 130 Å². The standard InChI is InChI=1S/C14H19F3N2O2S/c15-14(16,17)13(20)3-5-19(6-4-13)8-10-9-22-12(18-10)11-2-1-7-21-11/h9,11,20H,1-8H2. The molecule has 22 heavy (non-hydrogen) atoms. The van der Waals surface area contributed by atoms with Crippen molar-refractivity contribution in [3.05, 3.63) is 16.1 Å². The van der Waals surface area contributed by atoms with Crippen LogP contribution in [0.15, 0.2) is 5.38 Å². The van der Waals surface area contributed by atoms with Crippen molar-refractivity contribution in [1.82, 2.24) is 9.88 Å². The SMILES string of the molecule is OC1(C(F)(F)F)CCN(Cc2csc(C3CCCO3)n2)CC1. The lowest BCUT2D eigenvalue weighted by Gasteiger charge is -2.38. The van der Waals surface area contributed by atoms with Crippen LogP contribution in [0.3, 0.4) is 0 Å². The van der Waals surface area contributed by atoms with Crippen molar-refractivity contribution >= 4 is 11.3 Å². The van der Waals surface area contributed by atoms with E-state index in [9.17, 15) is 18.3 Å². The van der Waals surface area contributed by atoms with E-state index in [1.165, 1.54) is 0 Å². The molecule has 1 aromatic rings. The highest BCUT2D eigenvalue weighted by Gasteiger charge is 2.54. The van der Waals surface area contributed by atoms with Gasteiger partial charge in [0, 0.05) is 31.6 Å². The van der Waals surface area contributed by atoms with E-state index in [1.807, 2.05) is 10.3 Å². The summed E-state index contributed by atoms with van der Waals surface area (Å²) in [6, 6.07) is 0. The zero-order valence-corrected chi connectivity index (χ0v) is 12.9. The van der Waals surface area contributed by atoms with Gasteiger partial charge < -0.3 is 9.84 Å². The van der Waals surface area contributed by atoms with Crippen molar-refractivity contribution in [3.63, 3.8) is 0 Å². The van der Waals surface area contributed by atoms with Gasteiger partial charge in [-0.05, 0) is 25.7 Å². The van der Waals surface area contributed by atoms with E-state index >= 15 is 0 Å². The molecule has 2 aliphatic rings. The Bertz CT molecular complexity index is 506. The lowest BCUT2D eigenvalue weighted by molar-refractivity contribution is -0.272. The number of piperidine rings is 1. The van der Waals surface area contributed by atoms with Crippen molar-refractivity contribution in [3.8, 4) is 0 Å². The van der Waals surface area contributed by atoms with Crippen molar-refractivity contribution in [1.29, 1.82) is 0 Å². The minimum atomic E-state index is -4.55. The van der Waals surface area contributed by atoms with Gasteiger partial charge in [0.05, 0.1) is 5.69 Å². The van der Waals surface area contributed by atoms with Crippen molar-refractivity contribution in [2.45, 2.75) is 50.1 Å². The number of likely N-dealkylation sites (tertiary alicyclic amines) is 1. The summed E-state index contributed by atoms with van der Waals surface area (Å²) in [5, 5.41) is 12.6. The second-order valence-electron chi connectivity index (χ2n) is 5.98. The third-order valence-electron chi connectivity index (χ3n) is 4.37. The Hall–Kier alpha value is -0.700. The molecule has 0 aliphatic carbocycles. The van der Waals surface area contributed by atoms with E-state index in [0.29, 0.717) is 6.54 Å². The fourth-order valence-electron chi connectivity index (χ4n) is 2.91. The zero-order chi connectivity index (χ0) is 15.8. The van der Waals surface area contributed by atoms with E-state index in [1.54, 1.807) is 11.3 Å². The van der Waals surface area contributed by atoms with Crippen LogP contribution in [0.5, 0.6) is 0 Å². The number of hydrogen-bond donors (Lipinski definition) is 1. The molecule has 0 saturated carbocycles. The first-order chi connectivity index (χ1) is 10.4. The number of hydrogen-bond acceptors (Lipinski definition) is 5. The highest BCUT2D eigenvalue weighted by Crippen LogP contribution is 2.38. The average Bonchev–Trinajstić information content (AvgIpc) is 3.11. The Morgan fingerprint density at radius 2 is 2.14 bits per heavy atom. The summed E-state index contributed by atoms with van der Waals surface area (Å²) in [4.78, 5) is 6.45. The van der Waals surface area contributed by atoms with Crippen LogP contribution >= 0.6 is 11.3 Å². The van der Waals surface area contributed by atoms with E-state index in [4.69, 9.17) is 4.74 Å². The molecule has 0 bridgehead atoms. The molecule has 0 aromatic carbocycles. The van der Waals surface area contributed by atoms with E-state index in [0.717, 1.165) is 30.2 Å². The minimum Gasteiger partial charge on any atom is -0.380 e. The smallest absolute Gasteiger partial charge is 0.380 e.